The maximum atomic E-state index is 11.2. The van der Waals surface area contributed by atoms with E-state index in [9.17, 15) is 16.8 Å². The molecule has 1 N–H and O–H groups in total. The monoisotopic (exact) mass is 554 g/mol. The van der Waals surface area contributed by atoms with Gasteiger partial charge in [0.05, 0.1) is 11.5 Å². The molecule has 0 aromatic heterocycles. The molecule has 2 fully saturated rings. The minimum atomic E-state index is -3.86. The summed E-state index contributed by atoms with van der Waals surface area (Å²) in [5.41, 5.74) is 0.0895. The van der Waals surface area contributed by atoms with Crippen LogP contribution in [0.1, 0.15) is 120 Å². The Bertz CT molecular complexity index is 802. The molecule has 2 rings (SSSR count). The summed E-state index contributed by atoms with van der Waals surface area (Å²) in [6.45, 7) is 14.4. The summed E-state index contributed by atoms with van der Waals surface area (Å²) in [7, 11) is -6.68. The van der Waals surface area contributed by atoms with Gasteiger partial charge in [0, 0.05) is 36.0 Å². The zero-order valence-corrected chi connectivity index (χ0v) is 25.2. The van der Waals surface area contributed by atoms with Crippen LogP contribution in [-0.4, -0.2) is 85.2 Å². The second kappa shape index (κ2) is 15.4. The van der Waals surface area contributed by atoms with E-state index < -0.39 is 20.0 Å². The highest BCUT2D eigenvalue weighted by Crippen LogP contribution is 2.29. The van der Waals surface area contributed by atoms with Crippen LogP contribution in [0.2, 0.25) is 0 Å². The van der Waals surface area contributed by atoms with Crippen molar-refractivity contribution in [2.24, 2.45) is 0 Å². The van der Waals surface area contributed by atoms with Crippen LogP contribution in [-0.2, 0) is 20.0 Å². The van der Waals surface area contributed by atoms with Crippen LogP contribution in [0, 0.1) is 0 Å². The number of sulfone groups is 1. The summed E-state index contributed by atoms with van der Waals surface area (Å²) < 4.78 is 53.1. The van der Waals surface area contributed by atoms with Crippen molar-refractivity contribution >= 4 is 20.0 Å². The molecular formula is C27H58N2O5S2. The quantitative estimate of drug-likeness (QED) is 0.360. The topological polar surface area (TPSA) is 95.0 Å². The van der Waals surface area contributed by atoms with Gasteiger partial charge in [-0.15, -0.1) is 0 Å². The van der Waals surface area contributed by atoms with E-state index >= 15 is 0 Å². The van der Waals surface area contributed by atoms with Crippen molar-refractivity contribution < 1.29 is 21.4 Å². The van der Waals surface area contributed by atoms with Crippen molar-refractivity contribution in [3.63, 3.8) is 0 Å². The molecule has 0 heterocycles. The lowest BCUT2D eigenvalue weighted by molar-refractivity contribution is 0.0607. The molecule has 218 valence electrons. The number of hydrogen-bond donors (Lipinski definition) is 1. The molecule has 36 heavy (non-hydrogen) atoms. The molecule has 0 unspecified atom stereocenters. The fourth-order valence-electron chi connectivity index (χ4n) is 5.63. The van der Waals surface area contributed by atoms with Gasteiger partial charge in [-0.25, -0.2) is 8.42 Å². The molecule has 0 amide bonds. The molecule has 0 radical (unpaired) electrons. The Morgan fingerprint density at radius 3 is 1.33 bits per heavy atom. The number of rotatable bonds is 9. The maximum absolute atomic E-state index is 11.2. The van der Waals surface area contributed by atoms with Crippen LogP contribution >= 0.6 is 0 Å². The van der Waals surface area contributed by atoms with Crippen LogP contribution in [0.15, 0.2) is 0 Å². The first-order valence-corrected chi connectivity index (χ1v) is 17.2. The van der Waals surface area contributed by atoms with Gasteiger partial charge >= 0.3 is 0 Å². The van der Waals surface area contributed by atoms with Crippen molar-refractivity contribution in [1.29, 1.82) is 0 Å². The minimum absolute atomic E-state index is 0. The van der Waals surface area contributed by atoms with Crippen molar-refractivity contribution in [3.05, 3.63) is 0 Å². The summed E-state index contributed by atoms with van der Waals surface area (Å²) >= 11 is 0. The normalized spacial score (nSPS) is 19.1. The van der Waals surface area contributed by atoms with Crippen LogP contribution < -0.4 is 0 Å². The molecule has 0 atom stereocenters. The summed E-state index contributed by atoms with van der Waals surface area (Å²) in [6.07, 6.45) is 14.7. The molecule has 2 aliphatic rings. The van der Waals surface area contributed by atoms with E-state index in [0.717, 1.165) is 25.8 Å². The Kier molecular flexibility index (Phi) is 15.3. The van der Waals surface area contributed by atoms with Crippen molar-refractivity contribution in [2.75, 3.05) is 30.9 Å². The first-order chi connectivity index (χ1) is 15.9. The zero-order chi connectivity index (χ0) is 26.9. The predicted octanol–water partition coefficient (Wildman–Crippen LogP) is 5.80. The molecule has 0 bridgehead atoms. The smallest absolute Gasteiger partial charge is 0.266 e. The highest BCUT2D eigenvalue weighted by molar-refractivity contribution is 7.90. The summed E-state index contributed by atoms with van der Waals surface area (Å²) in [6, 6.07) is 1.11. The third kappa shape index (κ3) is 15.3. The number of nitrogens with zero attached hydrogens (tertiary/aromatic N) is 2. The minimum Gasteiger partial charge on any atom is -0.296 e. The van der Waals surface area contributed by atoms with Crippen LogP contribution in [0.5, 0.6) is 0 Å². The van der Waals surface area contributed by atoms with E-state index in [1.165, 1.54) is 57.6 Å². The lowest BCUT2D eigenvalue weighted by Crippen LogP contribution is -2.50. The lowest BCUT2D eigenvalue weighted by Gasteiger charge is -2.43. The van der Waals surface area contributed by atoms with Crippen molar-refractivity contribution in [1.82, 2.24) is 9.80 Å². The Hall–Kier alpha value is -0.220. The molecule has 2 aliphatic carbocycles. The highest BCUT2D eigenvalue weighted by atomic mass is 32.2. The molecule has 2 saturated carbocycles. The van der Waals surface area contributed by atoms with Gasteiger partial charge in [-0.3, -0.25) is 14.4 Å². The molecule has 0 saturated heterocycles. The van der Waals surface area contributed by atoms with Crippen LogP contribution in [0.4, 0.5) is 0 Å². The third-order valence-corrected chi connectivity index (χ3v) is 8.99. The van der Waals surface area contributed by atoms with Crippen LogP contribution in [0.3, 0.4) is 0 Å². The molecule has 0 spiro atoms. The first-order valence-electron chi connectivity index (χ1n) is 13.6. The van der Waals surface area contributed by atoms with E-state index in [-0.39, 0.29) is 24.3 Å². The average Bonchev–Trinajstić information content (AvgIpc) is 2.70. The van der Waals surface area contributed by atoms with E-state index in [4.69, 9.17) is 4.55 Å². The standard InChI is InChI=1S/C14H29NO2S.C12H25NO3S.CH4/c1-14(2,3)15(11-8-12-18(4,16)17)13-9-6-5-7-10-13;1-12(2,3)13(9-10-17(14,15)16)11-7-5-4-6-8-11;/h13H,5-12H2,1-4H3;11H,4-10H2,1-3H3,(H,14,15,16);1H4. The molecule has 0 aromatic rings. The van der Waals surface area contributed by atoms with Gasteiger partial charge in [-0.2, -0.15) is 8.42 Å². The average molecular weight is 555 g/mol. The maximum Gasteiger partial charge on any atom is 0.266 e. The SMILES string of the molecule is C.CC(C)(C)N(CCCS(C)(=O)=O)C1CCCCC1.CC(C)(C)N(CCS(=O)(=O)O)C1CCCCC1. The predicted molar refractivity (Wildman–Crippen MR) is 154 cm³/mol. The van der Waals surface area contributed by atoms with E-state index in [2.05, 4.69) is 51.3 Å². The van der Waals surface area contributed by atoms with Gasteiger partial charge in [-0.1, -0.05) is 46.0 Å². The third-order valence-electron chi connectivity index (χ3n) is 7.26. The van der Waals surface area contributed by atoms with Gasteiger partial charge in [-0.05, 0) is 80.2 Å². The zero-order valence-electron chi connectivity index (χ0n) is 23.6. The molecule has 7 nitrogen and oxygen atoms in total. The fourth-order valence-corrected chi connectivity index (χ4v) is 6.71. The van der Waals surface area contributed by atoms with Crippen molar-refractivity contribution in [3.8, 4) is 0 Å². The van der Waals surface area contributed by atoms with Gasteiger partial charge in [0.25, 0.3) is 10.1 Å². The van der Waals surface area contributed by atoms with Gasteiger partial charge in [0.1, 0.15) is 9.84 Å². The van der Waals surface area contributed by atoms with Gasteiger partial charge in [0.2, 0.25) is 0 Å². The fraction of sp³-hybridized carbons (Fsp3) is 1.00. The largest absolute Gasteiger partial charge is 0.296 e. The first kappa shape index (κ1) is 35.8. The molecular weight excluding hydrogens is 496 g/mol. The molecule has 9 heteroatoms. The highest BCUT2D eigenvalue weighted by Gasteiger charge is 2.31. The number of hydrogen-bond acceptors (Lipinski definition) is 6. The summed E-state index contributed by atoms with van der Waals surface area (Å²) in [4.78, 5) is 4.76. The van der Waals surface area contributed by atoms with Gasteiger partial charge < -0.3 is 0 Å². The Morgan fingerprint density at radius 2 is 1.03 bits per heavy atom. The van der Waals surface area contributed by atoms with E-state index in [1.807, 2.05) is 0 Å². The lowest BCUT2D eigenvalue weighted by atomic mass is 9.90. The Balaban J connectivity index is 0.000000663. The van der Waals surface area contributed by atoms with Crippen LogP contribution in [0.25, 0.3) is 0 Å². The van der Waals surface area contributed by atoms with Gasteiger partial charge in [0.15, 0.2) is 0 Å². The second-order valence-electron chi connectivity index (χ2n) is 12.6. The summed E-state index contributed by atoms with van der Waals surface area (Å²) in [5, 5.41) is 0. The van der Waals surface area contributed by atoms with E-state index in [0.29, 0.717) is 24.4 Å². The molecule has 0 aliphatic heterocycles. The Morgan fingerprint density at radius 1 is 0.667 bits per heavy atom. The van der Waals surface area contributed by atoms with E-state index in [1.54, 1.807) is 0 Å². The molecule has 0 aromatic carbocycles. The Labute approximate surface area is 224 Å². The van der Waals surface area contributed by atoms with Crippen molar-refractivity contribution in [2.45, 2.75) is 143 Å². The summed E-state index contributed by atoms with van der Waals surface area (Å²) in [5.74, 6) is 0.146. The second-order valence-corrected chi connectivity index (χ2v) is 16.4.